The molecule has 0 aliphatic carbocycles. The summed E-state index contributed by atoms with van der Waals surface area (Å²) in [5, 5.41) is 2.47. The fourth-order valence-corrected chi connectivity index (χ4v) is 2.78. The molecule has 0 bridgehead atoms. The molecule has 10 heteroatoms. The number of hydrogen-bond acceptors (Lipinski definition) is 4. The van der Waals surface area contributed by atoms with Gasteiger partial charge in [-0.2, -0.15) is 0 Å². The molecule has 3 rings (SSSR count). The van der Waals surface area contributed by atoms with Crippen molar-refractivity contribution in [1.82, 2.24) is 4.57 Å². The van der Waals surface area contributed by atoms with Crippen LogP contribution < -0.4 is 15.6 Å². The Labute approximate surface area is 173 Å². The van der Waals surface area contributed by atoms with Gasteiger partial charge in [0.1, 0.15) is 11.6 Å². The molecule has 0 saturated heterocycles. The minimum atomic E-state index is -4.84. The SMILES string of the molecule is CCOC(=O)Nc1cc(=O)n(-c2ccc(OC(F)(F)F)cc2)cc1-c1ccc(F)cc1. The predicted octanol–water partition coefficient (Wildman–Crippen LogP) is 5.11. The van der Waals surface area contributed by atoms with Crippen molar-refractivity contribution in [3.05, 3.63) is 77.0 Å². The van der Waals surface area contributed by atoms with E-state index in [9.17, 15) is 27.2 Å². The highest BCUT2D eigenvalue weighted by atomic mass is 19.4. The summed E-state index contributed by atoms with van der Waals surface area (Å²) in [6, 6.07) is 11.1. The summed E-state index contributed by atoms with van der Waals surface area (Å²) in [5.41, 5.74) is 0.665. The Morgan fingerprint density at radius 2 is 1.71 bits per heavy atom. The maximum absolute atomic E-state index is 13.3. The lowest BCUT2D eigenvalue weighted by Crippen LogP contribution is -2.21. The van der Waals surface area contributed by atoms with E-state index >= 15 is 0 Å². The summed E-state index contributed by atoms with van der Waals surface area (Å²) in [6.45, 7) is 1.73. The number of nitrogens with zero attached hydrogens (tertiary/aromatic N) is 1. The predicted molar refractivity (Wildman–Crippen MR) is 105 cm³/mol. The molecule has 1 aromatic heterocycles. The Bertz CT molecular complexity index is 1120. The van der Waals surface area contributed by atoms with Gasteiger partial charge in [-0.3, -0.25) is 14.7 Å². The molecule has 0 radical (unpaired) electrons. The van der Waals surface area contributed by atoms with E-state index in [0.29, 0.717) is 11.1 Å². The Hall–Kier alpha value is -3.82. The minimum absolute atomic E-state index is 0.112. The number of rotatable bonds is 5. The van der Waals surface area contributed by atoms with Crippen LogP contribution in [0.2, 0.25) is 0 Å². The highest BCUT2D eigenvalue weighted by Crippen LogP contribution is 2.29. The third-order valence-electron chi connectivity index (χ3n) is 4.07. The minimum Gasteiger partial charge on any atom is -0.450 e. The number of halogens is 4. The second kappa shape index (κ2) is 8.90. The first-order valence-electron chi connectivity index (χ1n) is 8.99. The number of aromatic nitrogens is 1. The largest absolute Gasteiger partial charge is 0.573 e. The van der Waals surface area contributed by atoms with Crippen LogP contribution >= 0.6 is 0 Å². The number of ether oxygens (including phenoxy) is 2. The standard InChI is InChI=1S/C21H16F4N2O4/c1-2-30-20(29)26-18-11-19(28)27(12-17(18)13-3-5-14(22)6-4-13)15-7-9-16(10-8-15)31-21(23,24)25/h3-12H,2H2,1H3,(H,26,29). The molecule has 1 N–H and O–H groups in total. The van der Waals surface area contributed by atoms with Gasteiger partial charge < -0.3 is 9.47 Å². The third-order valence-corrected chi connectivity index (χ3v) is 4.07. The number of alkyl halides is 3. The highest BCUT2D eigenvalue weighted by Gasteiger charge is 2.31. The van der Waals surface area contributed by atoms with Gasteiger partial charge in [0.05, 0.1) is 12.3 Å². The summed E-state index contributed by atoms with van der Waals surface area (Å²) < 4.78 is 60.2. The summed E-state index contributed by atoms with van der Waals surface area (Å²) >= 11 is 0. The summed E-state index contributed by atoms with van der Waals surface area (Å²) in [5.74, 6) is -0.916. The molecule has 0 fully saturated rings. The Morgan fingerprint density at radius 3 is 2.29 bits per heavy atom. The van der Waals surface area contributed by atoms with Crippen LogP contribution in [0.1, 0.15) is 6.92 Å². The lowest BCUT2D eigenvalue weighted by atomic mass is 10.1. The molecular weight excluding hydrogens is 420 g/mol. The van der Waals surface area contributed by atoms with E-state index in [-0.39, 0.29) is 18.0 Å². The molecule has 3 aromatic rings. The van der Waals surface area contributed by atoms with E-state index in [0.717, 1.165) is 18.2 Å². The molecular formula is C21H16F4N2O4. The van der Waals surface area contributed by atoms with E-state index < -0.39 is 29.6 Å². The smallest absolute Gasteiger partial charge is 0.450 e. The molecule has 31 heavy (non-hydrogen) atoms. The normalized spacial score (nSPS) is 11.1. The van der Waals surface area contributed by atoms with E-state index in [1.54, 1.807) is 6.92 Å². The number of carbonyl (C=O) groups excluding carboxylic acids is 1. The molecule has 0 saturated carbocycles. The molecule has 0 aliphatic rings. The number of benzene rings is 2. The van der Waals surface area contributed by atoms with Gasteiger partial charge in [-0.1, -0.05) is 12.1 Å². The monoisotopic (exact) mass is 436 g/mol. The average molecular weight is 436 g/mol. The van der Waals surface area contributed by atoms with E-state index in [1.165, 1.54) is 47.2 Å². The van der Waals surface area contributed by atoms with Crippen LogP contribution in [0.3, 0.4) is 0 Å². The second-order valence-electron chi connectivity index (χ2n) is 6.20. The molecule has 0 unspecified atom stereocenters. The van der Waals surface area contributed by atoms with E-state index in [2.05, 4.69) is 10.1 Å². The van der Waals surface area contributed by atoms with Crippen molar-refractivity contribution in [2.75, 3.05) is 11.9 Å². The molecule has 0 spiro atoms. The quantitative estimate of drug-likeness (QED) is 0.565. The van der Waals surface area contributed by atoms with Crippen molar-refractivity contribution in [2.24, 2.45) is 0 Å². The van der Waals surface area contributed by atoms with Crippen molar-refractivity contribution in [2.45, 2.75) is 13.3 Å². The van der Waals surface area contributed by atoms with Crippen molar-refractivity contribution in [3.8, 4) is 22.6 Å². The third kappa shape index (κ3) is 5.62. The number of carbonyl (C=O) groups is 1. The molecule has 6 nitrogen and oxygen atoms in total. The summed E-state index contributed by atoms with van der Waals surface area (Å²) in [4.78, 5) is 24.5. The van der Waals surface area contributed by atoms with Crippen molar-refractivity contribution in [3.63, 3.8) is 0 Å². The van der Waals surface area contributed by atoms with Gasteiger partial charge in [-0.25, -0.2) is 9.18 Å². The maximum atomic E-state index is 13.3. The van der Waals surface area contributed by atoms with Crippen molar-refractivity contribution < 1.29 is 31.8 Å². The molecule has 162 valence electrons. The maximum Gasteiger partial charge on any atom is 0.573 e. The number of amides is 1. The number of nitrogens with one attached hydrogen (secondary N) is 1. The first kappa shape index (κ1) is 21.9. The fraction of sp³-hybridized carbons (Fsp3) is 0.143. The Kier molecular flexibility index (Phi) is 6.28. The Morgan fingerprint density at radius 1 is 1.06 bits per heavy atom. The average Bonchev–Trinajstić information content (AvgIpc) is 2.69. The molecule has 1 amide bonds. The van der Waals surface area contributed by atoms with Gasteiger partial charge in [0.25, 0.3) is 5.56 Å². The van der Waals surface area contributed by atoms with Crippen LogP contribution in [0.15, 0.2) is 65.6 Å². The van der Waals surface area contributed by atoms with Crippen LogP contribution in [-0.4, -0.2) is 23.6 Å². The lowest BCUT2D eigenvalue weighted by molar-refractivity contribution is -0.274. The van der Waals surface area contributed by atoms with Crippen LogP contribution in [0, 0.1) is 5.82 Å². The highest BCUT2D eigenvalue weighted by molar-refractivity contribution is 5.91. The van der Waals surface area contributed by atoms with E-state index in [1.807, 2.05) is 0 Å². The van der Waals surface area contributed by atoms with E-state index in [4.69, 9.17) is 4.74 Å². The molecule has 0 aliphatic heterocycles. The zero-order valence-corrected chi connectivity index (χ0v) is 16.1. The number of anilines is 1. The lowest BCUT2D eigenvalue weighted by Gasteiger charge is -2.15. The zero-order chi connectivity index (χ0) is 22.6. The van der Waals surface area contributed by atoms with Gasteiger partial charge in [0.2, 0.25) is 0 Å². The topological polar surface area (TPSA) is 69.6 Å². The van der Waals surface area contributed by atoms with Crippen molar-refractivity contribution in [1.29, 1.82) is 0 Å². The number of pyridine rings is 1. The summed E-state index contributed by atoms with van der Waals surface area (Å²) in [6.07, 6.45) is -4.23. The fourth-order valence-electron chi connectivity index (χ4n) is 2.78. The van der Waals surface area contributed by atoms with Crippen LogP contribution in [0.25, 0.3) is 16.8 Å². The van der Waals surface area contributed by atoms with Gasteiger partial charge in [0.15, 0.2) is 0 Å². The van der Waals surface area contributed by atoms with Gasteiger partial charge >= 0.3 is 12.5 Å². The van der Waals surface area contributed by atoms with Gasteiger partial charge in [-0.15, -0.1) is 13.2 Å². The van der Waals surface area contributed by atoms with Crippen molar-refractivity contribution >= 4 is 11.8 Å². The van der Waals surface area contributed by atoms with Crippen LogP contribution in [-0.2, 0) is 4.74 Å². The molecule has 1 heterocycles. The number of hydrogen-bond donors (Lipinski definition) is 1. The summed E-state index contributed by atoms with van der Waals surface area (Å²) in [7, 11) is 0. The van der Waals surface area contributed by atoms with Crippen LogP contribution in [0.4, 0.5) is 28.0 Å². The first-order valence-corrected chi connectivity index (χ1v) is 8.99. The molecule has 0 atom stereocenters. The van der Waals surface area contributed by atoms with Crippen LogP contribution in [0.5, 0.6) is 5.75 Å². The first-order chi connectivity index (χ1) is 14.7. The zero-order valence-electron chi connectivity index (χ0n) is 16.1. The van der Waals surface area contributed by atoms with Gasteiger partial charge in [-0.05, 0) is 48.9 Å². The van der Waals surface area contributed by atoms with Gasteiger partial charge in [0, 0.05) is 23.5 Å². The molecule has 2 aromatic carbocycles. The Balaban J connectivity index is 2.05. The second-order valence-corrected chi connectivity index (χ2v) is 6.20.